The molecule has 6 heteroatoms. The minimum absolute atomic E-state index is 0.0580. The summed E-state index contributed by atoms with van der Waals surface area (Å²) in [7, 11) is 0. The molecule has 0 bridgehead atoms. The van der Waals surface area contributed by atoms with Crippen molar-refractivity contribution in [1.29, 1.82) is 0 Å². The maximum atomic E-state index is 11.8. The maximum Gasteiger partial charge on any atom is 0.319 e. The molecule has 5 nitrogen and oxygen atoms in total. The molecule has 0 spiro atoms. The predicted octanol–water partition coefficient (Wildman–Crippen LogP) is 3.10. The molecule has 2 amide bonds. The molecule has 2 aromatic rings. The summed E-state index contributed by atoms with van der Waals surface area (Å²) in [6.07, 6.45) is 1.15. The number of Topliss-reactive ketones (excluding diaryl/α,β-unsaturated/α-hetero) is 1. The van der Waals surface area contributed by atoms with E-state index in [-0.39, 0.29) is 11.8 Å². The van der Waals surface area contributed by atoms with E-state index < -0.39 is 0 Å². The minimum Gasteiger partial charge on any atom is -0.337 e. The van der Waals surface area contributed by atoms with E-state index in [9.17, 15) is 9.59 Å². The van der Waals surface area contributed by atoms with Gasteiger partial charge in [0, 0.05) is 36.0 Å². The fourth-order valence-corrected chi connectivity index (χ4v) is 2.41. The molecule has 1 heterocycles. The average Bonchev–Trinajstić information content (AvgIpc) is 3.00. The van der Waals surface area contributed by atoms with Crippen molar-refractivity contribution in [3.05, 3.63) is 46.4 Å². The van der Waals surface area contributed by atoms with Crippen molar-refractivity contribution in [2.45, 2.75) is 19.8 Å². The molecule has 2 N–H and O–H groups in total. The third-order valence-corrected chi connectivity index (χ3v) is 3.55. The Hall–Kier alpha value is -2.21. The molecule has 0 atom stereocenters. The molecule has 0 aliphatic carbocycles. The average molecular weight is 303 g/mol. The van der Waals surface area contributed by atoms with Crippen LogP contribution in [0, 0.1) is 0 Å². The maximum absolute atomic E-state index is 11.8. The summed E-state index contributed by atoms with van der Waals surface area (Å²) in [6, 6.07) is 6.66. The molecule has 110 valence electrons. The number of ketones is 1. The van der Waals surface area contributed by atoms with Gasteiger partial charge >= 0.3 is 6.03 Å². The third kappa shape index (κ3) is 4.68. The van der Waals surface area contributed by atoms with Gasteiger partial charge in [0.2, 0.25) is 0 Å². The van der Waals surface area contributed by atoms with Gasteiger partial charge in [-0.1, -0.05) is 19.1 Å². The summed E-state index contributed by atoms with van der Waals surface area (Å²) in [6.45, 7) is 2.33. The second-order valence-corrected chi connectivity index (χ2v) is 5.19. The Balaban J connectivity index is 1.83. The number of aromatic nitrogens is 1. The van der Waals surface area contributed by atoms with Crippen LogP contribution in [0.5, 0.6) is 0 Å². The number of benzene rings is 1. The third-order valence-electron chi connectivity index (χ3n) is 2.91. The SMILES string of the molecule is CCC(=O)c1cccc(NC(=O)NCCc2cscn2)c1. The summed E-state index contributed by atoms with van der Waals surface area (Å²) < 4.78 is 0. The number of urea groups is 1. The highest BCUT2D eigenvalue weighted by Crippen LogP contribution is 2.12. The van der Waals surface area contributed by atoms with Crippen molar-refractivity contribution in [1.82, 2.24) is 10.3 Å². The fourth-order valence-electron chi connectivity index (χ4n) is 1.81. The number of amides is 2. The minimum atomic E-state index is -0.286. The number of thiazole rings is 1. The number of rotatable bonds is 6. The van der Waals surface area contributed by atoms with E-state index in [2.05, 4.69) is 15.6 Å². The van der Waals surface area contributed by atoms with Crippen LogP contribution in [0.25, 0.3) is 0 Å². The smallest absolute Gasteiger partial charge is 0.319 e. The Morgan fingerprint density at radius 2 is 2.19 bits per heavy atom. The van der Waals surface area contributed by atoms with Gasteiger partial charge in [0.25, 0.3) is 0 Å². The molecule has 0 aliphatic heterocycles. The number of carbonyl (C=O) groups excluding carboxylic acids is 2. The van der Waals surface area contributed by atoms with Crippen LogP contribution in [0.1, 0.15) is 29.4 Å². The molecule has 0 saturated carbocycles. The molecule has 1 aromatic carbocycles. The zero-order chi connectivity index (χ0) is 15.1. The van der Waals surface area contributed by atoms with Gasteiger partial charge in [0.05, 0.1) is 11.2 Å². The number of anilines is 1. The molecule has 1 aromatic heterocycles. The first-order chi connectivity index (χ1) is 10.2. The van der Waals surface area contributed by atoms with Gasteiger partial charge in [-0.15, -0.1) is 11.3 Å². The number of nitrogens with one attached hydrogen (secondary N) is 2. The van der Waals surface area contributed by atoms with Crippen LogP contribution in [0.3, 0.4) is 0 Å². The quantitative estimate of drug-likeness (QED) is 0.806. The summed E-state index contributed by atoms with van der Waals surface area (Å²) >= 11 is 1.54. The number of nitrogens with zero attached hydrogens (tertiary/aromatic N) is 1. The molecule has 2 rings (SSSR count). The van der Waals surface area contributed by atoms with E-state index in [1.54, 1.807) is 29.8 Å². The molecular formula is C15H17N3O2S. The molecule has 0 unspecified atom stereocenters. The van der Waals surface area contributed by atoms with Crippen LogP contribution in [0.15, 0.2) is 35.2 Å². The first kappa shape index (κ1) is 15.2. The molecule has 0 fully saturated rings. The number of hydrogen-bond donors (Lipinski definition) is 2. The molecule has 21 heavy (non-hydrogen) atoms. The largest absolute Gasteiger partial charge is 0.337 e. The number of carbonyl (C=O) groups is 2. The molecule has 0 aliphatic rings. The van der Waals surface area contributed by atoms with E-state index in [0.717, 1.165) is 5.69 Å². The van der Waals surface area contributed by atoms with Crippen molar-refractivity contribution in [2.24, 2.45) is 0 Å². The van der Waals surface area contributed by atoms with Crippen LogP contribution < -0.4 is 10.6 Å². The predicted molar refractivity (Wildman–Crippen MR) is 83.9 cm³/mol. The molecular weight excluding hydrogens is 286 g/mol. The van der Waals surface area contributed by atoms with Crippen LogP contribution in [0.4, 0.5) is 10.5 Å². The highest BCUT2D eigenvalue weighted by Gasteiger charge is 2.06. The van der Waals surface area contributed by atoms with E-state index >= 15 is 0 Å². The van der Waals surface area contributed by atoms with E-state index in [0.29, 0.717) is 30.6 Å². The van der Waals surface area contributed by atoms with Crippen LogP contribution in [0.2, 0.25) is 0 Å². The normalized spacial score (nSPS) is 10.1. The first-order valence-electron chi connectivity index (χ1n) is 6.74. The lowest BCUT2D eigenvalue weighted by atomic mass is 10.1. The Kier molecular flexibility index (Phi) is 5.45. The summed E-state index contributed by atoms with van der Waals surface area (Å²) in [5.74, 6) is 0.0580. The Morgan fingerprint density at radius 1 is 1.33 bits per heavy atom. The van der Waals surface area contributed by atoms with E-state index in [4.69, 9.17) is 0 Å². The molecule has 0 radical (unpaired) electrons. The second-order valence-electron chi connectivity index (χ2n) is 4.47. The topological polar surface area (TPSA) is 71.1 Å². The lowest BCUT2D eigenvalue weighted by Gasteiger charge is -2.08. The van der Waals surface area contributed by atoms with E-state index in [1.165, 1.54) is 11.3 Å². The van der Waals surface area contributed by atoms with Gasteiger partial charge in [0.15, 0.2) is 5.78 Å². The zero-order valence-electron chi connectivity index (χ0n) is 11.8. The van der Waals surface area contributed by atoms with Gasteiger partial charge < -0.3 is 10.6 Å². The second kappa shape index (κ2) is 7.54. The van der Waals surface area contributed by atoms with Gasteiger partial charge in [-0.25, -0.2) is 9.78 Å². The van der Waals surface area contributed by atoms with Crippen LogP contribution in [-0.4, -0.2) is 23.3 Å². The summed E-state index contributed by atoms with van der Waals surface area (Å²) in [4.78, 5) is 27.5. The van der Waals surface area contributed by atoms with Crippen molar-refractivity contribution in [3.63, 3.8) is 0 Å². The summed E-state index contributed by atoms with van der Waals surface area (Å²) in [5.41, 5.74) is 3.96. The Bertz CT molecular complexity index is 611. The fraction of sp³-hybridized carbons (Fsp3) is 0.267. The Labute approximate surface area is 127 Å². The Morgan fingerprint density at radius 3 is 2.90 bits per heavy atom. The number of hydrogen-bond acceptors (Lipinski definition) is 4. The standard InChI is InChI=1S/C15H17N3O2S/c1-2-14(19)11-4-3-5-12(8-11)18-15(20)16-7-6-13-9-21-10-17-13/h3-5,8-10H,2,6-7H2,1H3,(H2,16,18,20). The van der Waals surface area contributed by atoms with Crippen LogP contribution >= 0.6 is 11.3 Å². The van der Waals surface area contributed by atoms with Crippen LogP contribution in [-0.2, 0) is 6.42 Å². The van der Waals surface area contributed by atoms with Crippen molar-refractivity contribution < 1.29 is 9.59 Å². The van der Waals surface area contributed by atoms with Crippen molar-refractivity contribution in [2.75, 3.05) is 11.9 Å². The monoisotopic (exact) mass is 303 g/mol. The highest BCUT2D eigenvalue weighted by atomic mass is 32.1. The van der Waals surface area contributed by atoms with E-state index in [1.807, 2.05) is 12.3 Å². The highest BCUT2D eigenvalue weighted by molar-refractivity contribution is 7.07. The summed E-state index contributed by atoms with van der Waals surface area (Å²) in [5, 5.41) is 7.44. The molecule has 0 saturated heterocycles. The van der Waals surface area contributed by atoms with Gasteiger partial charge in [-0.3, -0.25) is 4.79 Å². The zero-order valence-corrected chi connectivity index (χ0v) is 12.6. The lowest BCUT2D eigenvalue weighted by molar-refractivity contribution is 0.0988. The van der Waals surface area contributed by atoms with Gasteiger partial charge in [-0.2, -0.15) is 0 Å². The van der Waals surface area contributed by atoms with Crippen molar-refractivity contribution in [3.8, 4) is 0 Å². The lowest BCUT2D eigenvalue weighted by Crippen LogP contribution is -2.30. The van der Waals surface area contributed by atoms with Gasteiger partial charge in [0.1, 0.15) is 0 Å². The first-order valence-corrected chi connectivity index (χ1v) is 7.68. The van der Waals surface area contributed by atoms with Crippen molar-refractivity contribution >= 4 is 28.8 Å². The van der Waals surface area contributed by atoms with Gasteiger partial charge in [-0.05, 0) is 12.1 Å².